The minimum atomic E-state index is 0.387. The second-order valence-electron chi connectivity index (χ2n) is 3.63. The monoisotopic (exact) mass is 232 g/mol. The molecule has 6 nitrogen and oxygen atoms in total. The molecule has 0 atom stereocenters. The van der Waals surface area contributed by atoms with E-state index in [1.54, 1.807) is 6.20 Å². The van der Waals surface area contributed by atoms with Crippen LogP contribution in [0.3, 0.4) is 0 Å². The van der Waals surface area contributed by atoms with Gasteiger partial charge in [-0.05, 0) is 18.9 Å². The van der Waals surface area contributed by atoms with Crippen molar-refractivity contribution >= 4 is 5.95 Å². The van der Waals surface area contributed by atoms with E-state index in [2.05, 4.69) is 40.4 Å². The van der Waals surface area contributed by atoms with Gasteiger partial charge in [0.2, 0.25) is 5.95 Å². The summed E-state index contributed by atoms with van der Waals surface area (Å²) in [5, 5.41) is 4.50. The van der Waals surface area contributed by atoms with Crippen LogP contribution in [0.2, 0.25) is 0 Å². The summed E-state index contributed by atoms with van der Waals surface area (Å²) in [5.41, 5.74) is 4.62. The molecule has 17 heavy (non-hydrogen) atoms. The lowest BCUT2D eigenvalue weighted by molar-refractivity contribution is 0.769. The Kier molecular flexibility index (Phi) is 3.34. The van der Waals surface area contributed by atoms with E-state index in [0.29, 0.717) is 5.95 Å². The zero-order valence-corrected chi connectivity index (χ0v) is 10.0. The van der Waals surface area contributed by atoms with Crippen LogP contribution in [-0.2, 0) is 12.8 Å². The quantitative estimate of drug-likeness (QED) is 0.608. The molecule has 6 heteroatoms. The van der Waals surface area contributed by atoms with Gasteiger partial charge in [-0.25, -0.2) is 15.5 Å². The molecule has 0 saturated heterocycles. The topological polar surface area (TPSA) is 81.7 Å². The van der Waals surface area contributed by atoms with Gasteiger partial charge in [-0.1, -0.05) is 13.8 Å². The summed E-state index contributed by atoms with van der Waals surface area (Å²) in [4.78, 5) is 8.25. The molecule has 0 aromatic carbocycles. The summed E-state index contributed by atoms with van der Waals surface area (Å²) in [6.45, 7) is 4.18. The van der Waals surface area contributed by atoms with Gasteiger partial charge in [0.15, 0.2) is 5.82 Å². The number of anilines is 1. The van der Waals surface area contributed by atoms with Gasteiger partial charge in [-0.15, -0.1) is 0 Å². The number of nitrogen functional groups attached to an aromatic ring is 1. The lowest BCUT2D eigenvalue weighted by atomic mass is 10.2. The van der Waals surface area contributed by atoms with Crippen LogP contribution in [0.5, 0.6) is 0 Å². The Balaban J connectivity index is 2.47. The molecular weight excluding hydrogens is 216 g/mol. The van der Waals surface area contributed by atoms with Crippen LogP contribution in [0.4, 0.5) is 5.95 Å². The normalized spacial score (nSPS) is 10.5. The molecule has 0 bridgehead atoms. The first-order chi connectivity index (χ1) is 8.28. The van der Waals surface area contributed by atoms with Crippen LogP contribution < -0.4 is 11.3 Å². The molecule has 2 rings (SSSR count). The fourth-order valence-electron chi connectivity index (χ4n) is 1.63. The first kappa shape index (κ1) is 11.5. The second kappa shape index (κ2) is 4.92. The highest BCUT2D eigenvalue weighted by Crippen LogP contribution is 2.12. The van der Waals surface area contributed by atoms with Crippen molar-refractivity contribution in [2.24, 2.45) is 5.84 Å². The van der Waals surface area contributed by atoms with E-state index in [0.717, 1.165) is 30.0 Å². The summed E-state index contributed by atoms with van der Waals surface area (Å²) in [5.74, 6) is 6.41. The Hall–Kier alpha value is -1.95. The van der Waals surface area contributed by atoms with Crippen molar-refractivity contribution in [1.82, 2.24) is 19.7 Å². The maximum absolute atomic E-state index is 5.29. The molecule has 3 N–H and O–H groups in total. The average Bonchev–Trinajstić information content (AvgIpc) is 2.82. The van der Waals surface area contributed by atoms with Gasteiger partial charge < -0.3 is 0 Å². The fraction of sp³-hybridized carbons (Fsp3) is 0.364. The largest absolute Gasteiger partial charge is 0.292 e. The third-order valence-corrected chi connectivity index (χ3v) is 2.55. The first-order valence-corrected chi connectivity index (χ1v) is 5.66. The molecule has 0 aliphatic carbocycles. The van der Waals surface area contributed by atoms with Crippen molar-refractivity contribution in [3.05, 3.63) is 29.7 Å². The van der Waals surface area contributed by atoms with Crippen molar-refractivity contribution < 1.29 is 0 Å². The van der Waals surface area contributed by atoms with Gasteiger partial charge in [0.25, 0.3) is 0 Å². The van der Waals surface area contributed by atoms with E-state index in [1.807, 2.05) is 10.7 Å². The number of hydrazine groups is 1. The third-order valence-electron chi connectivity index (χ3n) is 2.55. The van der Waals surface area contributed by atoms with Crippen LogP contribution in [0.15, 0.2) is 18.3 Å². The smallest absolute Gasteiger partial charge is 0.239 e. The van der Waals surface area contributed by atoms with Gasteiger partial charge in [-0.2, -0.15) is 10.1 Å². The zero-order valence-electron chi connectivity index (χ0n) is 10.0. The van der Waals surface area contributed by atoms with Gasteiger partial charge in [0.1, 0.15) is 0 Å². The Morgan fingerprint density at radius 2 is 2.18 bits per heavy atom. The number of aryl methyl sites for hydroxylation is 2. The highest BCUT2D eigenvalue weighted by atomic mass is 15.4. The van der Waals surface area contributed by atoms with E-state index in [9.17, 15) is 0 Å². The van der Waals surface area contributed by atoms with Crippen molar-refractivity contribution in [3.8, 4) is 5.82 Å². The van der Waals surface area contributed by atoms with Crippen molar-refractivity contribution in [2.75, 3.05) is 5.43 Å². The standard InChI is InChI=1S/C11H16N6/c1-3-8-7-9(4-2)17(16-8)10-5-6-13-11(14-10)15-12/h5-7H,3-4,12H2,1-2H3,(H,13,14,15). The van der Waals surface area contributed by atoms with E-state index in [4.69, 9.17) is 5.84 Å². The molecule has 2 aromatic heterocycles. The Morgan fingerprint density at radius 3 is 2.82 bits per heavy atom. The zero-order chi connectivity index (χ0) is 12.3. The predicted octanol–water partition coefficient (Wildman–Crippen LogP) is 1.07. The second-order valence-corrected chi connectivity index (χ2v) is 3.63. The molecule has 0 spiro atoms. The van der Waals surface area contributed by atoms with Crippen LogP contribution in [0, 0.1) is 0 Å². The number of hydrogen-bond donors (Lipinski definition) is 2. The summed E-state index contributed by atoms with van der Waals surface area (Å²) >= 11 is 0. The molecule has 0 amide bonds. The summed E-state index contributed by atoms with van der Waals surface area (Å²) < 4.78 is 1.83. The van der Waals surface area contributed by atoms with Crippen LogP contribution >= 0.6 is 0 Å². The van der Waals surface area contributed by atoms with Crippen LogP contribution in [-0.4, -0.2) is 19.7 Å². The number of nitrogens with one attached hydrogen (secondary N) is 1. The molecule has 2 heterocycles. The van der Waals surface area contributed by atoms with Gasteiger partial charge in [-0.3, -0.25) is 5.43 Å². The van der Waals surface area contributed by atoms with Crippen LogP contribution in [0.1, 0.15) is 25.2 Å². The van der Waals surface area contributed by atoms with E-state index in [1.165, 1.54) is 0 Å². The highest BCUT2D eigenvalue weighted by Gasteiger charge is 2.08. The molecule has 0 saturated carbocycles. The number of hydrogen-bond acceptors (Lipinski definition) is 5. The van der Waals surface area contributed by atoms with Gasteiger partial charge in [0, 0.05) is 18.0 Å². The minimum absolute atomic E-state index is 0.387. The molecule has 0 aliphatic heterocycles. The first-order valence-electron chi connectivity index (χ1n) is 5.66. The van der Waals surface area contributed by atoms with Gasteiger partial charge in [0.05, 0.1) is 5.69 Å². The third kappa shape index (κ3) is 2.26. The number of nitrogens with two attached hydrogens (primary N) is 1. The number of rotatable bonds is 4. The lowest BCUT2D eigenvalue weighted by Crippen LogP contribution is -2.12. The summed E-state index contributed by atoms with van der Waals surface area (Å²) in [7, 11) is 0. The van der Waals surface area contributed by atoms with Crippen molar-refractivity contribution in [1.29, 1.82) is 0 Å². The maximum atomic E-state index is 5.29. The summed E-state index contributed by atoms with van der Waals surface area (Å²) in [6, 6.07) is 3.91. The predicted molar refractivity (Wildman–Crippen MR) is 65.7 cm³/mol. The van der Waals surface area contributed by atoms with E-state index < -0.39 is 0 Å². The Morgan fingerprint density at radius 1 is 1.35 bits per heavy atom. The Bertz CT molecular complexity index is 504. The van der Waals surface area contributed by atoms with E-state index >= 15 is 0 Å². The molecule has 0 fully saturated rings. The molecule has 90 valence electrons. The average molecular weight is 232 g/mol. The molecule has 0 aliphatic rings. The van der Waals surface area contributed by atoms with E-state index in [-0.39, 0.29) is 0 Å². The lowest BCUT2D eigenvalue weighted by Gasteiger charge is -2.05. The summed E-state index contributed by atoms with van der Waals surface area (Å²) in [6.07, 6.45) is 3.47. The Labute approximate surface area is 99.9 Å². The van der Waals surface area contributed by atoms with Gasteiger partial charge >= 0.3 is 0 Å². The highest BCUT2D eigenvalue weighted by molar-refractivity contribution is 5.32. The molecule has 2 aromatic rings. The maximum Gasteiger partial charge on any atom is 0.239 e. The van der Waals surface area contributed by atoms with Crippen LogP contribution in [0.25, 0.3) is 5.82 Å². The molecule has 0 radical (unpaired) electrons. The molecular formula is C11H16N6. The van der Waals surface area contributed by atoms with Crippen molar-refractivity contribution in [3.63, 3.8) is 0 Å². The minimum Gasteiger partial charge on any atom is -0.292 e. The number of nitrogens with zero attached hydrogens (tertiary/aromatic N) is 4. The SMILES string of the molecule is CCc1cc(CC)n(-c2ccnc(NN)n2)n1. The molecule has 0 unspecified atom stereocenters. The fourth-order valence-corrected chi connectivity index (χ4v) is 1.63. The van der Waals surface area contributed by atoms with Crippen molar-refractivity contribution in [2.45, 2.75) is 26.7 Å². The number of aromatic nitrogens is 4.